The maximum atomic E-state index is 11.9. The minimum atomic E-state index is -0.306. The van der Waals surface area contributed by atoms with Crippen molar-refractivity contribution in [3.05, 3.63) is 45.9 Å². The summed E-state index contributed by atoms with van der Waals surface area (Å²) in [5, 5.41) is 11.1. The Morgan fingerprint density at radius 3 is 2.46 bits per heavy atom. The highest BCUT2D eigenvalue weighted by Crippen LogP contribution is 2.11. The number of aromatic nitrogens is 1. The molecular formula is C17H22N4O2S. The first-order chi connectivity index (χ1) is 11.4. The van der Waals surface area contributed by atoms with Gasteiger partial charge in [0.15, 0.2) is 0 Å². The number of carbonyl (C=O) groups is 2. The molecule has 6 nitrogen and oxygen atoms in total. The smallest absolute Gasteiger partial charge is 0.319 e. The largest absolute Gasteiger partial charge is 0.352 e. The number of hydrogen-bond acceptors (Lipinski definition) is 4. The molecule has 0 saturated carbocycles. The number of aryl methyl sites for hydroxylation is 1. The van der Waals surface area contributed by atoms with Crippen LogP contribution in [0.1, 0.15) is 34.9 Å². The summed E-state index contributed by atoms with van der Waals surface area (Å²) in [4.78, 5) is 28.1. The van der Waals surface area contributed by atoms with Crippen molar-refractivity contribution in [1.82, 2.24) is 15.6 Å². The SMILES string of the molecule is Cc1csc(CNC(=O)Nc2ccc(C(=O)NCC(C)C)cc2)n1. The van der Waals surface area contributed by atoms with Gasteiger partial charge < -0.3 is 16.0 Å². The van der Waals surface area contributed by atoms with Crippen LogP contribution in [0.25, 0.3) is 0 Å². The van der Waals surface area contributed by atoms with Gasteiger partial charge in [-0.1, -0.05) is 13.8 Å². The lowest BCUT2D eigenvalue weighted by Crippen LogP contribution is -2.28. The minimum Gasteiger partial charge on any atom is -0.352 e. The lowest BCUT2D eigenvalue weighted by molar-refractivity contribution is 0.0949. The van der Waals surface area contributed by atoms with Crippen molar-refractivity contribution in [2.75, 3.05) is 11.9 Å². The first kappa shape index (κ1) is 17.9. The zero-order valence-corrected chi connectivity index (χ0v) is 14.9. The number of benzene rings is 1. The van der Waals surface area contributed by atoms with Gasteiger partial charge in [0.1, 0.15) is 5.01 Å². The third kappa shape index (κ3) is 5.66. The molecule has 0 radical (unpaired) electrons. The van der Waals surface area contributed by atoms with Crippen molar-refractivity contribution in [2.45, 2.75) is 27.3 Å². The average molecular weight is 346 g/mol. The van der Waals surface area contributed by atoms with Gasteiger partial charge in [-0.3, -0.25) is 4.79 Å². The predicted molar refractivity (Wildman–Crippen MR) is 96.3 cm³/mol. The Hall–Kier alpha value is -2.41. The van der Waals surface area contributed by atoms with E-state index in [0.717, 1.165) is 10.7 Å². The van der Waals surface area contributed by atoms with Crippen LogP contribution in [0.5, 0.6) is 0 Å². The minimum absolute atomic E-state index is 0.112. The molecule has 128 valence electrons. The van der Waals surface area contributed by atoms with Gasteiger partial charge >= 0.3 is 6.03 Å². The standard InChI is InChI=1S/C17H22N4O2S/c1-11(2)8-18-16(22)13-4-6-14(7-5-13)21-17(23)19-9-15-20-12(3)10-24-15/h4-7,10-11H,8-9H2,1-3H3,(H,18,22)(H2,19,21,23). The molecular weight excluding hydrogens is 324 g/mol. The van der Waals surface area contributed by atoms with E-state index >= 15 is 0 Å². The number of carbonyl (C=O) groups excluding carboxylic acids is 2. The number of thiazole rings is 1. The van der Waals surface area contributed by atoms with Crippen molar-refractivity contribution in [2.24, 2.45) is 5.92 Å². The molecule has 1 heterocycles. The summed E-state index contributed by atoms with van der Waals surface area (Å²) in [6.45, 7) is 7.02. The zero-order valence-electron chi connectivity index (χ0n) is 14.1. The molecule has 2 aromatic rings. The van der Waals surface area contributed by atoms with Gasteiger partial charge in [-0.2, -0.15) is 0 Å². The molecule has 2 rings (SSSR count). The molecule has 24 heavy (non-hydrogen) atoms. The van der Waals surface area contributed by atoms with E-state index in [4.69, 9.17) is 0 Å². The van der Waals surface area contributed by atoms with Crippen molar-refractivity contribution in [1.29, 1.82) is 0 Å². The average Bonchev–Trinajstić information content (AvgIpc) is 2.97. The maximum absolute atomic E-state index is 11.9. The first-order valence-corrected chi connectivity index (χ1v) is 8.66. The fraction of sp³-hybridized carbons (Fsp3) is 0.353. The Balaban J connectivity index is 1.82. The first-order valence-electron chi connectivity index (χ1n) is 7.78. The maximum Gasteiger partial charge on any atom is 0.319 e. The molecule has 1 aromatic heterocycles. The number of hydrogen-bond donors (Lipinski definition) is 3. The zero-order chi connectivity index (χ0) is 17.5. The van der Waals surface area contributed by atoms with Gasteiger partial charge in [0.25, 0.3) is 5.91 Å². The normalized spacial score (nSPS) is 10.5. The highest BCUT2D eigenvalue weighted by Gasteiger charge is 2.07. The Morgan fingerprint density at radius 1 is 1.17 bits per heavy atom. The van der Waals surface area contributed by atoms with Gasteiger partial charge in [-0.15, -0.1) is 11.3 Å². The van der Waals surface area contributed by atoms with E-state index < -0.39 is 0 Å². The number of amides is 3. The van der Waals surface area contributed by atoms with Crippen molar-refractivity contribution in [3.8, 4) is 0 Å². The molecule has 0 aliphatic carbocycles. The van der Waals surface area contributed by atoms with Crippen molar-refractivity contribution in [3.63, 3.8) is 0 Å². The predicted octanol–water partition coefficient (Wildman–Crippen LogP) is 3.16. The Labute approximate surface area is 145 Å². The second kappa shape index (κ2) is 8.44. The Bertz CT molecular complexity index is 695. The van der Waals surface area contributed by atoms with Gasteiger partial charge in [-0.25, -0.2) is 9.78 Å². The quantitative estimate of drug-likeness (QED) is 0.751. The monoisotopic (exact) mass is 346 g/mol. The molecule has 3 N–H and O–H groups in total. The molecule has 0 spiro atoms. The third-order valence-electron chi connectivity index (χ3n) is 3.14. The van der Waals surface area contributed by atoms with E-state index in [9.17, 15) is 9.59 Å². The van der Waals surface area contributed by atoms with Crippen LogP contribution < -0.4 is 16.0 Å². The number of urea groups is 1. The van der Waals surface area contributed by atoms with Gasteiger partial charge in [0, 0.05) is 28.9 Å². The van der Waals surface area contributed by atoms with E-state index in [2.05, 4.69) is 20.9 Å². The van der Waals surface area contributed by atoms with Crippen LogP contribution in [0.3, 0.4) is 0 Å². The highest BCUT2D eigenvalue weighted by molar-refractivity contribution is 7.09. The summed E-state index contributed by atoms with van der Waals surface area (Å²) in [6, 6.07) is 6.49. The summed E-state index contributed by atoms with van der Waals surface area (Å²) in [7, 11) is 0. The Morgan fingerprint density at radius 2 is 1.88 bits per heavy atom. The van der Waals surface area contributed by atoms with E-state index in [1.54, 1.807) is 24.3 Å². The van der Waals surface area contributed by atoms with E-state index in [-0.39, 0.29) is 11.9 Å². The van der Waals surface area contributed by atoms with Gasteiger partial charge in [0.2, 0.25) is 0 Å². The summed E-state index contributed by atoms with van der Waals surface area (Å²) < 4.78 is 0. The summed E-state index contributed by atoms with van der Waals surface area (Å²) in [5.74, 6) is 0.291. The second-order valence-electron chi connectivity index (χ2n) is 5.87. The molecule has 7 heteroatoms. The van der Waals surface area contributed by atoms with E-state index in [1.807, 2.05) is 26.2 Å². The fourth-order valence-corrected chi connectivity index (χ4v) is 2.63. The van der Waals surface area contributed by atoms with E-state index in [1.165, 1.54) is 11.3 Å². The molecule has 0 fully saturated rings. The number of rotatable bonds is 6. The van der Waals surface area contributed by atoms with Crippen LogP contribution in [0.4, 0.5) is 10.5 Å². The summed E-state index contributed by atoms with van der Waals surface area (Å²) in [6.07, 6.45) is 0. The molecule has 0 unspecified atom stereocenters. The lowest BCUT2D eigenvalue weighted by atomic mass is 10.1. The molecule has 0 atom stereocenters. The lowest BCUT2D eigenvalue weighted by Gasteiger charge is -2.09. The second-order valence-corrected chi connectivity index (χ2v) is 6.81. The molecule has 0 aliphatic heterocycles. The van der Waals surface area contributed by atoms with Crippen molar-refractivity contribution < 1.29 is 9.59 Å². The van der Waals surface area contributed by atoms with E-state index in [0.29, 0.717) is 30.3 Å². The molecule has 0 aliphatic rings. The molecule has 0 bridgehead atoms. The van der Waals surface area contributed by atoms with Crippen LogP contribution in [0.15, 0.2) is 29.6 Å². The van der Waals surface area contributed by atoms with Crippen LogP contribution in [-0.2, 0) is 6.54 Å². The number of nitrogens with zero attached hydrogens (tertiary/aromatic N) is 1. The van der Waals surface area contributed by atoms with Gasteiger partial charge in [-0.05, 0) is 37.1 Å². The Kier molecular flexibility index (Phi) is 6.31. The fourth-order valence-electron chi connectivity index (χ4n) is 1.92. The molecule has 0 saturated heterocycles. The summed E-state index contributed by atoms with van der Waals surface area (Å²) in [5.41, 5.74) is 2.15. The van der Waals surface area contributed by atoms with Gasteiger partial charge in [0.05, 0.1) is 6.54 Å². The number of nitrogens with one attached hydrogen (secondary N) is 3. The third-order valence-corrected chi connectivity index (χ3v) is 4.11. The number of anilines is 1. The molecule has 3 amide bonds. The topological polar surface area (TPSA) is 83.1 Å². The highest BCUT2D eigenvalue weighted by atomic mass is 32.1. The molecule has 1 aromatic carbocycles. The van der Waals surface area contributed by atoms with Crippen LogP contribution in [0, 0.1) is 12.8 Å². The van der Waals surface area contributed by atoms with Crippen LogP contribution in [0.2, 0.25) is 0 Å². The van der Waals surface area contributed by atoms with Crippen LogP contribution in [-0.4, -0.2) is 23.5 Å². The van der Waals surface area contributed by atoms with Crippen molar-refractivity contribution >= 4 is 29.0 Å². The summed E-state index contributed by atoms with van der Waals surface area (Å²) >= 11 is 1.51. The van der Waals surface area contributed by atoms with Crippen LogP contribution >= 0.6 is 11.3 Å².